The average Bonchev–Trinajstić information content (AvgIpc) is 2.61. The molecule has 2 rings (SSSR count). The zero-order valence-electron chi connectivity index (χ0n) is 13.5. The fourth-order valence-corrected chi connectivity index (χ4v) is 2.25. The third kappa shape index (κ3) is 4.23. The highest BCUT2D eigenvalue weighted by Gasteiger charge is 2.17. The number of carbonyl (C=O) groups excluding carboxylic acids is 1. The Balaban J connectivity index is 2.04. The number of likely N-dealkylation sites (N-methyl/N-ethyl adjacent to an activating group) is 1. The van der Waals surface area contributed by atoms with E-state index in [-0.39, 0.29) is 12.5 Å². The first-order chi connectivity index (χ1) is 11.0. The third-order valence-electron chi connectivity index (χ3n) is 3.61. The van der Waals surface area contributed by atoms with Crippen LogP contribution in [0.3, 0.4) is 0 Å². The largest absolute Gasteiger partial charge is 0.497 e. The van der Waals surface area contributed by atoms with Gasteiger partial charge in [0.05, 0.1) is 26.9 Å². The van der Waals surface area contributed by atoms with Crippen molar-refractivity contribution in [3.8, 4) is 11.5 Å². The quantitative estimate of drug-likeness (QED) is 0.890. The van der Waals surface area contributed by atoms with Gasteiger partial charge >= 0.3 is 0 Å². The Bertz CT molecular complexity index is 654. The van der Waals surface area contributed by atoms with Crippen LogP contribution in [-0.2, 0) is 0 Å². The van der Waals surface area contributed by atoms with Gasteiger partial charge in [-0.15, -0.1) is 0 Å². The molecule has 2 aromatic carbocycles. The van der Waals surface area contributed by atoms with Crippen LogP contribution in [0.25, 0.3) is 0 Å². The lowest BCUT2D eigenvalue weighted by atomic mass is 10.1. The Kier molecular flexibility index (Phi) is 5.60. The summed E-state index contributed by atoms with van der Waals surface area (Å²) in [5, 5.41) is 10.3. The van der Waals surface area contributed by atoms with Gasteiger partial charge in [0.25, 0.3) is 5.91 Å². The van der Waals surface area contributed by atoms with Gasteiger partial charge in [-0.25, -0.2) is 0 Å². The molecule has 1 atom stereocenters. The SMILES string of the molecule is COc1ccc(C(=O)N(C)CC(O)c2cccc(OC)c2)cc1. The normalized spacial score (nSPS) is 11.7. The molecule has 1 unspecified atom stereocenters. The van der Waals surface area contributed by atoms with E-state index in [0.29, 0.717) is 22.6 Å². The first-order valence-electron chi connectivity index (χ1n) is 7.26. The van der Waals surface area contributed by atoms with Crippen molar-refractivity contribution in [3.05, 3.63) is 59.7 Å². The Morgan fingerprint density at radius 3 is 2.35 bits per heavy atom. The lowest BCUT2D eigenvalue weighted by molar-refractivity contribution is 0.0681. The summed E-state index contributed by atoms with van der Waals surface area (Å²) >= 11 is 0. The topological polar surface area (TPSA) is 59.0 Å². The summed E-state index contributed by atoms with van der Waals surface area (Å²) < 4.78 is 10.2. The summed E-state index contributed by atoms with van der Waals surface area (Å²) in [6.45, 7) is 0.192. The molecule has 5 nitrogen and oxygen atoms in total. The van der Waals surface area contributed by atoms with Crippen LogP contribution in [0.5, 0.6) is 11.5 Å². The molecule has 0 heterocycles. The fraction of sp³-hybridized carbons (Fsp3) is 0.278. The van der Waals surface area contributed by atoms with E-state index in [2.05, 4.69) is 0 Å². The molecular formula is C18H21NO4. The molecule has 0 aliphatic heterocycles. The van der Waals surface area contributed by atoms with Gasteiger partial charge in [-0.2, -0.15) is 0 Å². The molecule has 0 fully saturated rings. The minimum Gasteiger partial charge on any atom is -0.497 e. The van der Waals surface area contributed by atoms with Crippen molar-refractivity contribution in [1.82, 2.24) is 4.90 Å². The zero-order chi connectivity index (χ0) is 16.8. The number of hydrogen-bond acceptors (Lipinski definition) is 4. The van der Waals surface area contributed by atoms with Gasteiger partial charge in [-0.05, 0) is 42.0 Å². The number of amides is 1. The second-order valence-corrected chi connectivity index (χ2v) is 5.21. The van der Waals surface area contributed by atoms with Crippen molar-refractivity contribution in [3.63, 3.8) is 0 Å². The molecule has 0 aliphatic carbocycles. The number of aliphatic hydroxyl groups excluding tert-OH is 1. The van der Waals surface area contributed by atoms with Gasteiger partial charge < -0.3 is 19.5 Å². The van der Waals surface area contributed by atoms with Crippen LogP contribution in [0.2, 0.25) is 0 Å². The smallest absolute Gasteiger partial charge is 0.253 e. The summed E-state index contributed by atoms with van der Waals surface area (Å²) in [5.74, 6) is 1.21. The first kappa shape index (κ1) is 16.8. The lowest BCUT2D eigenvalue weighted by Crippen LogP contribution is -2.31. The summed E-state index contributed by atoms with van der Waals surface area (Å²) in [4.78, 5) is 13.9. The van der Waals surface area contributed by atoms with Gasteiger partial charge in [0, 0.05) is 12.6 Å². The van der Waals surface area contributed by atoms with Crippen molar-refractivity contribution in [2.45, 2.75) is 6.10 Å². The van der Waals surface area contributed by atoms with Crippen molar-refractivity contribution in [1.29, 1.82) is 0 Å². The Hall–Kier alpha value is -2.53. The van der Waals surface area contributed by atoms with Gasteiger partial charge in [0.15, 0.2) is 0 Å². The maximum Gasteiger partial charge on any atom is 0.253 e. The molecule has 5 heteroatoms. The number of methoxy groups -OCH3 is 2. The standard InChI is InChI=1S/C18H21NO4/c1-19(18(21)13-7-9-15(22-2)10-8-13)12-17(20)14-5-4-6-16(11-14)23-3/h4-11,17,20H,12H2,1-3H3. The highest BCUT2D eigenvalue weighted by molar-refractivity contribution is 5.94. The number of benzene rings is 2. The van der Waals surface area contributed by atoms with Crippen LogP contribution < -0.4 is 9.47 Å². The Morgan fingerprint density at radius 1 is 1.09 bits per heavy atom. The molecule has 2 aromatic rings. The van der Waals surface area contributed by atoms with E-state index in [1.54, 1.807) is 57.7 Å². The maximum atomic E-state index is 12.4. The van der Waals surface area contributed by atoms with Gasteiger partial charge in [-0.1, -0.05) is 12.1 Å². The van der Waals surface area contributed by atoms with Gasteiger partial charge in [0.2, 0.25) is 0 Å². The molecule has 0 saturated carbocycles. The molecule has 1 N–H and O–H groups in total. The molecule has 0 aliphatic rings. The highest BCUT2D eigenvalue weighted by Crippen LogP contribution is 2.20. The third-order valence-corrected chi connectivity index (χ3v) is 3.61. The number of aliphatic hydroxyl groups is 1. The number of nitrogens with zero attached hydrogens (tertiary/aromatic N) is 1. The molecule has 1 amide bonds. The van der Waals surface area contributed by atoms with Crippen LogP contribution in [0.15, 0.2) is 48.5 Å². The van der Waals surface area contributed by atoms with E-state index in [4.69, 9.17) is 9.47 Å². The predicted molar refractivity (Wildman–Crippen MR) is 87.9 cm³/mol. The summed E-state index contributed by atoms with van der Waals surface area (Å²) in [7, 11) is 4.81. The van der Waals surface area contributed by atoms with Crippen LogP contribution in [-0.4, -0.2) is 43.7 Å². The summed E-state index contributed by atoms with van der Waals surface area (Å²) in [6, 6.07) is 14.1. The molecule has 122 valence electrons. The summed E-state index contributed by atoms with van der Waals surface area (Å²) in [6.07, 6.45) is -0.780. The highest BCUT2D eigenvalue weighted by atomic mass is 16.5. The maximum absolute atomic E-state index is 12.4. The van der Waals surface area contributed by atoms with Gasteiger partial charge in [0.1, 0.15) is 11.5 Å². The van der Waals surface area contributed by atoms with E-state index in [0.717, 1.165) is 0 Å². The van der Waals surface area contributed by atoms with E-state index < -0.39 is 6.10 Å². The second-order valence-electron chi connectivity index (χ2n) is 5.21. The van der Waals surface area contributed by atoms with Crippen molar-refractivity contribution in [2.75, 3.05) is 27.8 Å². The zero-order valence-corrected chi connectivity index (χ0v) is 13.5. The van der Waals surface area contributed by atoms with Crippen LogP contribution in [0.4, 0.5) is 0 Å². The predicted octanol–water partition coefficient (Wildman–Crippen LogP) is 2.51. The van der Waals surface area contributed by atoms with Crippen LogP contribution in [0.1, 0.15) is 22.0 Å². The molecule has 0 bridgehead atoms. The van der Waals surface area contributed by atoms with Crippen molar-refractivity contribution < 1.29 is 19.4 Å². The number of hydrogen-bond donors (Lipinski definition) is 1. The Labute approximate surface area is 136 Å². The molecule has 0 aromatic heterocycles. The average molecular weight is 315 g/mol. The number of rotatable bonds is 6. The van der Waals surface area contributed by atoms with Crippen molar-refractivity contribution in [2.24, 2.45) is 0 Å². The monoisotopic (exact) mass is 315 g/mol. The Morgan fingerprint density at radius 2 is 1.74 bits per heavy atom. The first-order valence-corrected chi connectivity index (χ1v) is 7.26. The molecular weight excluding hydrogens is 294 g/mol. The molecule has 0 radical (unpaired) electrons. The van der Waals surface area contributed by atoms with E-state index in [9.17, 15) is 9.90 Å². The van der Waals surface area contributed by atoms with Crippen LogP contribution >= 0.6 is 0 Å². The minimum absolute atomic E-state index is 0.158. The molecule has 23 heavy (non-hydrogen) atoms. The fourth-order valence-electron chi connectivity index (χ4n) is 2.25. The molecule has 0 saturated heterocycles. The van der Waals surface area contributed by atoms with Crippen molar-refractivity contribution >= 4 is 5.91 Å². The summed E-state index contributed by atoms with van der Waals surface area (Å²) in [5.41, 5.74) is 1.25. The van der Waals surface area contributed by atoms with E-state index in [1.807, 2.05) is 12.1 Å². The van der Waals surface area contributed by atoms with E-state index in [1.165, 1.54) is 4.90 Å². The minimum atomic E-state index is -0.780. The lowest BCUT2D eigenvalue weighted by Gasteiger charge is -2.21. The van der Waals surface area contributed by atoms with E-state index >= 15 is 0 Å². The number of ether oxygens (including phenoxy) is 2. The number of carbonyl (C=O) groups is 1. The second kappa shape index (κ2) is 7.65. The van der Waals surface area contributed by atoms with Crippen LogP contribution in [0, 0.1) is 0 Å². The molecule has 0 spiro atoms. The van der Waals surface area contributed by atoms with Gasteiger partial charge in [-0.3, -0.25) is 4.79 Å².